The first-order chi connectivity index (χ1) is 10.5. The van der Waals surface area contributed by atoms with Gasteiger partial charge < -0.3 is 15.5 Å². The Labute approximate surface area is 130 Å². The monoisotopic (exact) mass is 302 g/mol. The molecule has 7 nitrogen and oxygen atoms in total. The van der Waals surface area contributed by atoms with Crippen molar-refractivity contribution in [2.24, 2.45) is 0 Å². The number of hydrogen-bond donors (Lipinski definition) is 2. The molecule has 1 fully saturated rings. The fourth-order valence-corrected chi connectivity index (χ4v) is 2.39. The van der Waals surface area contributed by atoms with Gasteiger partial charge >= 0.3 is 0 Å². The fraction of sp³-hybridized carbons (Fsp3) is 0.600. The Morgan fingerprint density at radius 3 is 3.09 bits per heavy atom. The summed E-state index contributed by atoms with van der Waals surface area (Å²) in [6.07, 6.45) is 3.30. The van der Waals surface area contributed by atoms with Crippen molar-refractivity contribution in [3.8, 4) is 6.07 Å². The number of anilines is 1. The molecule has 2 heterocycles. The summed E-state index contributed by atoms with van der Waals surface area (Å²) in [6.45, 7) is 5.54. The highest BCUT2D eigenvalue weighted by atomic mass is 16.2. The van der Waals surface area contributed by atoms with E-state index in [1.807, 2.05) is 26.0 Å². The molecule has 0 bridgehead atoms. The molecule has 2 N–H and O–H groups in total. The lowest BCUT2D eigenvalue weighted by atomic mass is 10.1. The number of hydrogen-bond acceptors (Lipinski definition) is 6. The number of nitrogens with zero attached hydrogens (tertiary/aromatic N) is 4. The van der Waals surface area contributed by atoms with Crippen LogP contribution < -0.4 is 10.6 Å². The number of likely N-dealkylation sites (tertiary alicyclic amines) is 1. The molecule has 0 saturated carbocycles. The summed E-state index contributed by atoms with van der Waals surface area (Å²) in [5, 5.41) is 23.2. The maximum absolute atomic E-state index is 12.2. The lowest BCUT2D eigenvalue weighted by Crippen LogP contribution is -2.50. The van der Waals surface area contributed by atoms with Crippen molar-refractivity contribution in [3.05, 3.63) is 18.3 Å². The van der Waals surface area contributed by atoms with Gasteiger partial charge in [0.2, 0.25) is 5.91 Å². The fourth-order valence-electron chi connectivity index (χ4n) is 2.39. The van der Waals surface area contributed by atoms with Gasteiger partial charge in [-0.05, 0) is 38.8 Å². The van der Waals surface area contributed by atoms with Crippen LogP contribution in [0.25, 0.3) is 0 Å². The van der Waals surface area contributed by atoms with Crippen LogP contribution in [0.1, 0.15) is 26.7 Å². The molecule has 22 heavy (non-hydrogen) atoms. The van der Waals surface area contributed by atoms with Crippen molar-refractivity contribution < 1.29 is 4.79 Å². The number of nitriles is 1. The quantitative estimate of drug-likeness (QED) is 0.806. The molecule has 1 amide bonds. The highest BCUT2D eigenvalue weighted by Gasteiger charge is 2.29. The van der Waals surface area contributed by atoms with E-state index in [1.54, 1.807) is 11.1 Å². The van der Waals surface area contributed by atoms with Gasteiger partial charge in [-0.2, -0.15) is 10.4 Å². The van der Waals surface area contributed by atoms with Crippen LogP contribution in [0.3, 0.4) is 0 Å². The minimum absolute atomic E-state index is 0.0170. The Bertz CT molecular complexity index is 539. The number of aromatic nitrogens is 2. The van der Waals surface area contributed by atoms with Crippen LogP contribution >= 0.6 is 0 Å². The maximum Gasteiger partial charge on any atom is 0.237 e. The van der Waals surface area contributed by atoms with Crippen molar-refractivity contribution in [1.82, 2.24) is 20.4 Å². The first kappa shape index (κ1) is 16.2. The number of rotatable bonds is 6. The van der Waals surface area contributed by atoms with Gasteiger partial charge in [-0.25, -0.2) is 0 Å². The van der Waals surface area contributed by atoms with E-state index < -0.39 is 0 Å². The largest absolute Gasteiger partial charge is 0.367 e. The van der Waals surface area contributed by atoms with Crippen molar-refractivity contribution in [2.45, 2.75) is 38.3 Å². The van der Waals surface area contributed by atoms with E-state index in [0.29, 0.717) is 18.9 Å². The van der Waals surface area contributed by atoms with E-state index in [0.717, 1.165) is 12.8 Å². The average molecular weight is 302 g/mol. The molecule has 1 aromatic rings. The van der Waals surface area contributed by atoms with Crippen molar-refractivity contribution in [2.75, 3.05) is 25.0 Å². The molecule has 1 aromatic heterocycles. The number of carbonyl (C=O) groups is 1. The number of nitrogens with one attached hydrogen (secondary N) is 2. The van der Waals surface area contributed by atoms with E-state index in [2.05, 4.69) is 26.9 Å². The lowest BCUT2D eigenvalue weighted by molar-refractivity contribution is -0.130. The van der Waals surface area contributed by atoms with Crippen LogP contribution in [-0.2, 0) is 4.79 Å². The van der Waals surface area contributed by atoms with E-state index in [9.17, 15) is 4.79 Å². The minimum Gasteiger partial charge on any atom is -0.367 e. The second-order valence-electron chi connectivity index (χ2n) is 6.07. The van der Waals surface area contributed by atoms with Crippen LogP contribution in [0.5, 0.6) is 0 Å². The average Bonchev–Trinajstić information content (AvgIpc) is 3.00. The summed E-state index contributed by atoms with van der Waals surface area (Å²) in [6, 6.07) is 5.58. The third kappa shape index (κ3) is 4.40. The van der Waals surface area contributed by atoms with E-state index >= 15 is 0 Å². The van der Waals surface area contributed by atoms with Crippen LogP contribution in [0.4, 0.5) is 5.82 Å². The first-order valence-electron chi connectivity index (χ1n) is 7.47. The van der Waals surface area contributed by atoms with Gasteiger partial charge in [0.1, 0.15) is 11.9 Å². The molecule has 118 valence electrons. The second kappa shape index (κ2) is 7.18. The van der Waals surface area contributed by atoms with E-state index in [1.165, 1.54) is 0 Å². The lowest BCUT2D eigenvalue weighted by Gasteiger charge is -2.28. The van der Waals surface area contributed by atoms with Gasteiger partial charge in [0.05, 0.1) is 12.6 Å². The van der Waals surface area contributed by atoms with Gasteiger partial charge in [0.25, 0.3) is 0 Å². The topological polar surface area (TPSA) is 93.9 Å². The van der Waals surface area contributed by atoms with Gasteiger partial charge in [-0.15, -0.1) is 5.10 Å². The molecule has 0 radical (unpaired) electrons. The summed E-state index contributed by atoms with van der Waals surface area (Å²) in [5.74, 6) is 0.685. The van der Waals surface area contributed by atoms with Crippen LogP contribution in [-0.4, -0.2) is 52.2 Å². The van der Waals surface area contributed by atoms with Crippen LogP contribution in [0, 0.1) is 11.3 Å². The predicted octanol–water partition coefficient (Wildman–Crippen LogP) is 0.771. The standard InChI is InChI=1S/C15H22N6O/c1-15(2,11-17-13-6-3-7-19-20-13)18-10-14(22)21-8-4-5-12(21)9-16/h3,6-7,12,18H,4-5,8,10-11H2,1-2H3,(H,17,20)/t12-/m0/s1. The van der Waals surface area contributed by atoms with Crippen LogP contribution in [0.2, 0.25) is 0 Å². The Balaban J connectivity index is 1.79. The van der Waals surface area contributed by atoms with E-state index in [-0.39, 0.29) is 24.0 Å². The van der Waals surface area contributed by atoms with Crippen molar-refractivity contribution >= 4 is 11.7 Å². The normalized spacial score (nSPS) is 18.0. The van der Waals surface area contributed by atoms with Gasteiger partial charge in [0, 0.05) is 24.8 Å². The zero-order chi connectivity index (χ0) is 16.0. The first-order valence-corrected chi connectivity index (χ1v) is 7.47. The minimum atomic E-state index is -0.283. The Kier molecular flexibility index (Phi) is 5.28. The second-order valence-corrected chi connectivity index (χ2v) is 6.07. The predicted molar refractivity (Wildman–Crippen MR) is 83.0 cm³/mol. The Morgan fingerprint density at radius 1 is 1.59 bits per heavy atom. The third-order valence-electron chi connectivity index (χ3n) is 3.72. The zero-order valence-electron chi connectivity index (χ0n) is 13.0. The van der Waals surface area contributed by atoms with Gasteiger partial charge in [0.15, 0.2) is 0 Å². The molecule has 0 unspecified atom stereocenters. The number of amides is 1. The molecule has 1 aliphatic heterocycles. The summed E-state index contributed by atoms with van der Waals surface area (Å²) in [5.41, 5.74) is -0.283. The van der Waals surface area contributed by atoms with Crippen molar-refractivity contribution in [3.63, 3.8) is 0 Å². The van der Waals surface area contributed by atoms with Gasteiger partial charge in [-0.3, -0.25) is 4.79 Å². The SMILES string of the molecule is CC(C)(CNc1cccnn1)NCC(=O)N1CCC[C@H]1C#N. The number of carbonyl (C=O) groups excluding carboxylic acids is 1. The summed E-state index contributed by atoms with van der Waals surface area (Å²) in [4.78, 5) is 13.9. The molecule has 7 heteroatoms. The van der Waals surface area contributed by atoms with Gasteiger partial charge in [-0.1, -0.05) is 0 Å². The van der Waals surface area contributed by atoms with Crippen molar-refractivity contribution in [1.29, 1.82) is 5.26 Å². The molecule has 1 aliphatic rings. The Hall–Kier alpha value is -2.20. The summed E-state index contributed by atoms with van der Waals surface area (Å²) in [7, 11) is 0. The molecule has 0 spiro atoms. The molecule has 1 saturated heterocycles. The van der Waals surface area contributed by atoms with Crippen LogP contribution in [0.15, 0.2) is 18.3 Å². The molecule has 2 rings (SSSR count). The molecular formula is C15H22N6O. The summed E-state index contributed by atoms with van der Waals surface area (Å²) < 4.78 is 0. The maximum atomic E-state index is 12.2. The molecule has 1 atom stereocenters. The molecular weight excluding hydrogens is 280 g/mol. The highest BCUT2D eigenvalue weighted by Crippen LogP contribution is 2.16. The third-order valence-corrected chi connectivity index (χ3v) is 3.72. The van der Waals surface area contributed by atoms with E-state index in [4.69, 9.17) is 5.26 Å². The highest BCUT2D eigenvalue weighted by molar-refractivity contribution is 5.79. The molecule has 0 aromatic carbocycles. The molecule has 0 aliphatic carbocycles. The summed E-state index contributed by atoms with van der Waals surface area (Å²) >= 11 is 0. The smallest absolute Gasteiger partial charge is 0.237 e. The Morgan fingerprint density at radius 2 is 2.41 bits per heavy atom. The zero-order valence-corrected chi connectivity index (χ0v) is 13.0.